The second kappa shape index (κ2) is 10.4. The lowest BCUT2D eigenvalue weighted by molar-refractivity contribution is -0.384. The van der Waals surface area contributed by atoms with Crippen molar-refractivity contribution in [2.45, 2.75) is 19.8 Å². The van der Waals surface area contributed by atoms with Crippen molar-refractivity contribution in [2.24, 2.45) is 0 Å². The number of carbonyl (C=O) groups is 3. The van der Waals surface area contributed by atoms with Crippen LogP contribution in [-0.2, 0) is 6.42 Å². The highest BCUT2D eigenvalue weighted by Gasteiger charge is 2.23. The fourth-order valence-electron chi connectivity index (χ4n) is 3.73. The van der Waals surface area contributed by atoms with Crippen molar-refractivity contribution in [3.63, 3.8) is 0 Å². The van der Waals surface area contributed by atoms with E-state index < -0.39 is 16.9 Å². The van der Waals surface area contributed by atoms with E-state index in [9.17, 15) is 24.5 Å². The van der Waals surface area contributed by atoms with Gasteiger partial charge in [-0.3, -0.25) is 14.9 Å². The predicted octanol–water partition coefficient (Wildman–Crippen LogP) is 4.58. The van der Waals surface area contributed by atoms with Crippen molar-refractivity contribution in [3.05, 3.63) is 105 Å². The number of aromatic carboxylic acids is 2. The number of nitro groups is 1. The van der Waals surface area contributed by atoms with Crippen molar-refractivity contribution in [1.29, 1.82) is 0 Å². The summed E-state index contributed by atoms with van der Waals surface area (Å²) in [5.74, 6) is -2.33. The molecule has 0 saturated heterocycles. The number of para-hydroxylation sites is 1. The highest BCUT2D eigenvalue weighted by atomic mass is 16.6. The number of amides is 1. The number of carboxylic acid groups (broad SMARTS) is 2. The first-order valence-corrected chi connectivity index (χ1v) is 10.4. The molecule has 4 rings (SSSR count). The Morgan fingerprint density at radius 1 is 0.882 bits per heavy atom. The van der Waals surface area contributed by atoms with Gasteiger partial charge in [0.25, 0.3) is 11.6 Å². The lowest BCUT2D eigenvalue weighted by atomic mass is 10.0. The van der Waals surface area contributed by atoms with E-state index in [0.717, 1.165) is 18.5 Å². The molecule has 1 aliphatic heterocycles. The molecule has 9 heteroatoms. The van der Waals surface area contributed by atoms with Gasteiger partial charge in [0.05, 0.1) is 16.1 Å². The molecule has 9 nitrogen and oxygen atoms in total. The number of carbonyl (C=O) groups excluding carboxylic acids is 1. The maximum atomic E-state index is 12.6. The summed E-state index contributed by atoms with van der Waals surface area (Å²) in [5.41, 5.74) is 2.90. The first kappa shape index (κ1) is 24.1. The lowest BCUT2D eigenvalue weighted by Crippen LogP contribution is -2.35. The molecular weight excluding hydrogens is 440 g/mol. The van der Waals surface area contributed by atoms with E-state index in [-0.39, 0.29) is 28.3 Å². The average molecular weight is 462 g/mol. The van der Waals surface area contributed by atoms with E-state index in [1.807, 2.05) is 24.3 Å². The van der Waals surface area contributed by atoms with Gasteiger partial charge >= 0.3 is 11.9 Å². The third kappa shape index (κ3) is 5.26. The third-order valence-electron chi connectivity index (χ3n) is 5.48. The number of aryl methyl sites for hydroxylation is 1. The molecule has 0 unspecified atom stereocenters. The number of rotatable bonds is 4. The topological polar surface area (TPSA) is 138 Å². The Labute approximate surface area is 195 Å². The zero-order valence-corrected chi connectivity index (χ0v) is 18.3. The van der Waals surface area contributed by atoms with Crippen molar-refractivity contribution >= 4 is 29.2 Å². The molecule has 0 radical (unpaired) electrons. The Bertz CT molecular complexity index is 1220. The van der Waals surface area contributed by atoms with Gasteiger partial charge in [0.2, 0.25) is 0 Å². The fraction of sp³-hybridized carbons (Fsp3) is 0.160. The quantitative estimate of drug-likeness (QED) is 0.427. The Morgan fingerprint density at radius 2 is 1.47 bits per heavy atom. The van der Waals surface area contributed by atoms with Gasteiger partial charge in [0, 0.05) is 29.9 Å². The molecule has 0 bridgehead atoms. The van der Waals surface area contributed by atoms with Gasteiger partial charge in [0.15, 0.2) is 0 Å². The molecular formula is C25H22N2O7. The lowest BCUT2D eigenvalue weighted by Gasteiger charge is -2.29. The molecule has 3 aromatic rings. The second-order valence-corrected chi connectivity index (χ2v) is 7.58. The summed E-state index contributed by atoms with van der Waals surface area (Å²) in [4.78, 5) is 45.7. The van der Waals surface area contributed by atoms with E-state index >= 15 is 0 Å². The number of hydrogen-bond donors (Lipinski definition) is 2. The minimum atomic E-state index is -1.11. The number of benzene rings is 3. The monoisotopic (exact) mass is 462 g/mol. The first-order chi connectivity index (χ1) is 16.2. The summed E-state index contributed by atoms with van der Waals surface area (Å²) in [6.07, 6.45) is 1.90. The van der Waals surface area contributed by atoms with Gasteiger partial charge < -0.3 is 15.1 Å². The van der Waals surface area contributed by atoms with E-state index in [0.29, 0.717) is 12.1 Å². The van der Waals surface area contributed by atoms with E-state index in [2.05, 4.69) is 0 Å². The number of hydrogen-bond acceptors (Lipinski definition) is 5. The minimum Gasteiger partial charge on any atom is -0.478 e. The highest BCUT2D eigenvalue weighted by molar-refractivity contribution is 6.06. The smallest absolute Gasteiger partial charge is 0.335 e. The Hall–Kier alpha value is -4.53. The average Bonchev–Trinajstić information content (AvgIpc) is 2.83. The Kier molecular flexibility index (Phi) is 7.37. The number of nitro benzene ring substituents is 1. The molecule has 3 aromatic carbocycles. The van der Waals surface area contributed by atoms with Gasteiger partial charge in [-0.2, -0.15) is 0 Å². The number of fused-ring (bicyclic) bond motifs is 1. The number of non-ortho nitro benzene ring substituents is 1. The molecule has 174 valence electrons. The third-order valence-corrected chi connectivity index (χ3v) is 5.48. The molecule has 1 aliphatic rings. The summed E-state index contributed by atoms with van der Waals surface area (Å²) in [5, 5.41) is 28.0. The molecule has 0 aromatic heterocycles. The standard InChI is InChI=1S/C16H14N2O3.C9H8O4/c19-16(13-7-9-14(10-8-13)18(20)21)17-11-3-5-12-4-1-2-6-15(12)17;1-5-6(8(10)11)3-2-4-7(5)9(12)13/h1-2,4,6-10H,3,5,11H2;2-4H,1H3,(H,10,11)(H,12,13). The van der Waals surface area contributed by atoms with Crippen LogP contribution in [-0.4, -0.2) is 39.5 Å². The van der Waals surface area contributed by atoms with Gasteiger partial charge in [-0.25, -0.2) is 9.59 Å². The van der Waals surface area contributed by atoms with Gasteiger partial charge in [0.1, 0.15) is 0 Å². The van der Waals surface area contributed by atoms with E-state index in [1.54, 1.807) is 4.90 Å². The summed E-state index contributed by atoms with van der Waals surface area (Å²) in [6.45, 7) is 2.15. The van der Waals surface area contributed by atoms with Crippen molar-refractivity contribution in [1.82, 2.24) is 0 Å². The predicted molar refractivity (Wildman–Crippen MR) is 125 cm³/mol. The molecule has 2 N–H and O–H groups in total. The summed E-state index contributed by atoms with van der Waals surface area (Å²) >= 11 is 0. The molecule has 0 saturated carbocycles. The SMILES string of the molecule is Cc1c(C(=O)O)cccc1C(=O)O.O=C(c1ccc([N+](=O)[O-])cc1)N1CCCc2ccccc21. The van der Waals surface area contributed by atoms with Crippen LogP contribution >= 0.6 is 0 Å². The molecule has 0 aliphatic carbocycles. The minimum absolute atomic E-state index is 0.00871. The van der Waals surface area contributed by atoms with Crippen LogP contribution in [0.15, 0.2) is 66.7 Å². The van der Waals surface area contributed by atoms with Crippen LogP contribution in [0.3, 0.4) is 0 Å². The summed E-state index contributed by atoms with van der Waals surface area (Å²) in [7, 11) is 0. The molecule has 0 atom stereocenters. The second-order valence-electron chi connectivity index (χ2n) is 7.58. The van der Waals surface area contributed by atoms with Crippen LogP contribution in [0.2, 0.25) is 0 Å². The normalized spacial score (nSPS) is 12.1. The first-order valence-electron chi connectivity index (χ1n) is 10.4. The molecule has 1 heterocycles. The van der Waals surface area contributed by atoms with Crippen LogP contribution in [0.1, 0.15) is 48.6 Å². The summed E-state index contributed by atoms with van der Waals surface area (Å²) in [6, 6.07) is 17.8. The summed E-state index contributed by atoms with van der Waals surface area (Å²) < 4.78 is 0. The van der Waals surface area contributed by atoms with Gasteiger partial charge in [-0.15, -0.1) is 0 Å². The molecule has 0 spiro atoms. The molecule has 34 heavy (non-hydrogen) atoms. The van der Waals surface area contributed by atoms with Crippen LogP contribution < -0.4 is 4.90 Å². The van der Waals surface area contributed by atoms with Gasteiger partial charge in [-0.05, 0) is 61.2 Å². The van der Waals surface area contributed by atoms with Crippen LogP contribution in [0, 0.1) is 17.0 Å². The Balaban J connectivity index is 0.000000215. The zero-order chi connectivity index (χ0) is 24.8. The van der Waals surface area contributed by atoms with Crippen molar-refractivity contribution in [3.8, 4) is 0 Å². The maximum absolute atomic E-state index is 12.6. The molecule has 1 amide bonds. The fourth-order valence-corrected chi connectivity index (χ4v) is 3.73. The van der Waals surface area contributed by atoms with Crippen molar-refractivity contribution in [2.75, 3.05) is 11.4 Å². The van der Waals surface area contributed by atoms with E-state index in [1.165, 1.54) is 55.0 Å². The van der Waals surface area contributed by atoms with Gasteiger partial charge in [-0.1, -0.05) is 24.3 Å². The number of nitrogens with zero attached hydrogens (tertiary/aromatic N) is 2. The van der Waals surface area contributed by atoms with E-state index in [4.69, 9.17) is 10.2 Å². The van der Waals surface area contributed by atoms with Crippen LogP contribution in [0.25, 0.3) is 0 Å². The highest BCUT2D eigenvalue weighted by Crippen LogP contribution is 2.28. The maximum Gasteiger partial charge on any atom is 0.335 e. The van der Waals surface area contributed by atoms with Crippen molar-refractivity contribution < 1.29 is 29.5 Å². The number of carboxylic acids is 2. The zero-order valence-electron chi connectivity index (χ0n) is 18.3. The van der Waals surface area contributed by atoms with Crippen LogP contribution in [0.4, 0.5) is 11.4 Å². The largest absolute Gasteiger partial charge is 0.478 e. The number of anilines is 1. The van der Waals surface area contributed by atoms with Crippen LogP contribution in [0.5, 0.6) is 0 Å². The molecule has 0 fully saturated rings. The Morgan fingerprint density at radius 3 is 2.03 bits per heavy atom.